The van der Waals surface area contributed by atoms with Crippen molar-refractivity contribution in [3.8, 4) is 5.75 Å². The minimum Gasteiger partial charge on any atom is -0.506 e. The molecule has 2 aromatic rings. The van der Waals surface area contributed by atoms with Gasteiger partial charge < -0.3 is 10.4 Å². The molecular weight excluding hydrogens is 255 g/mol. The van der Waals surface area contributed by atoms with Crippen LogP contribution in [0.4, 0.5) is 4.39 Å². The minimum absolute atomic E-state index is 0.206. The number of rotatable bonds is 5. The van der Waals surface area contributed by atoms with Crippen molar-refractivity contribution in [2.45, 2.75) is 32.9 Å². The number of halogens is 1. The molecule has 4 heteroatoms. The van der Waals surface area contributed by atoms with E-state index in [1.807, 2.05) is 6.92 Å². The molecule has 0 saturated heterocycles. The molecule has 0 fully saturated rings. The van der Waals surface area contributed by atoms with Crippen molar-refractivity contribution in [1.29, 1.82) is 0 Å². The van der Waals surface area contributed by atoms with Crippen molar-refractivity contribution in [2.24, 2.45) is 0 Å². The van der Waals surface area contributed by atoms with E-state index in [0.29, 0.717) is 12.2 Å². The van der Waals surface area contributed by atoms with Gasteiger partial charge in [0.25, 0.3) is 0 Å². The number of pyridine rings is 1. The Hall–Kier alpha value is -1.94. The van der Waals surface area contributed by atoms with Gasteiger partial charge in [-0.15, -0.1) is 0 Å². The highest BCUT2D eigenvalue weighted by atomic mass is 19.1. The summed E-state index contributed by atoms with van der Waals surface area (Å²) in [5, 5.41) is 13.0. The number of hydrogen-bond donors (Lipinski definition) is 2. The van der Waals surface area contributed by atoms with E-state index in [1.165, 1.54) is 12.1 Å². The maximum atomic E-state index is 12.8. The molecule has 1 unspecified atom stereocenters. The Bertz CT molecular complexity index is 569. The van der Waals surface area contributed by atoms with E-state index in [1.54, 1.807) is 24.3 Å². The molecule has 3 nitrogen and oxygen atoms in total. The summed E-state index contributed by atoms with van der Waals surface area (Å²) in [6.07, 6.45) is 0.798. The number of nitrogens with zero attached hydrogens (tertiary/aromatic N) is 1. The quantitative estimate of drug-likeness (QED) is 0.881. The molecule has 0 saturated carbocycles. The topological polar surface area (TPSA) is 45.1 Å². The van der Waals surface area contributed by atoms with Crippen LogP contribution in [-0.2, 0) is 13.0 Å². The zero-order chi connectivity index (χ0) is 14.5. The van der Waals surface area contributed by atoms with Crippen LogP contribution >= 0.6 is 0 Å². The molecule has 1 aromatic carbocycles. The third-order valence-corrected chi connectivity index (χ3v) is 3.16. The van der Waals surface area contributed by atoms with E-state index in [0.717, 1.165) is 17.7 Å². The molecule has 20 heavy (non-hydrogen) atoms. The number of aromatic nitrogens is 1. The first-order valence-corrected chi connectivity index (χ1v) is 6.68. The normalized spacial score (nSPS) is 12.3. The van der Waals surface area contributed by atoms with Crippen LogP contribution in [0.5, 0.6) is 5.75 Å². The fourth-order valence-electron chi connectivity index (χ4n) is 2.05. The lowest BCUT2D eigenvalue weighted by atomic mass is 10.1. The lowest BCUT2D eigenvalue weighted by molar-refractivity contribution is 0.452. The summed E-state index contributed by atoms with van der Waals surface area (Å²) in [5.41, 5.74) is 2.61. The van der Waals surface area contributed by atoms with Gasteiger partial charge in [-0.2, -0.15) is 0 Å². The van der Waals surface area contributed by atoms with Gasteiger partial charge in [-0.25, -0.2) is 4.39 Å². The van der Waals surface area contributed by atoms with Crippen molar-refractivity contribution in [1.82, 2.24) is 10.3 Å². The Balaban J connectivity index is 1.90. The summed E-state index contributed by atoms with van der Waals surface area (Å²) in [5.74, 6) is -0.0136. The predicted molar refractivity (Wildman–Crippen MR) is 77.0 cm³/mol. The first kappa shape index (κ1) is 14.5. The van der Waals surface area contributed by atoms with Crippen LogP contribution in [0.25, 0.3) is 0 Å². The molecular formula is C16H19FN2O. The molecule has 0 aliphatic rings. The molecule has 0 bridgehead atoms. The SMILES string of the molecule is Cc1ccc(O)c(CNC(C)Cc2ccc(F)cc2)n1. The zero-order valence-electron chi connectivity index (χ0n) is 11.7. The predicted octanol–water partition coefficient (Wildman–Crippen LogP) is 2.96. The van der Waals surface area contributed by atoms with E-state index < -0.39 is 0 Å². The summed E-state index contributed by atoms with van der Waals surface area (Å²) < 4.78 is 12.8. The summed E-state index contributed by atoms with van der Waals surface area (Å²) in [4.78, 5) is 4.30. The lowest BCUT2D eigenvalue weighted by Gasteiger charge is -2.14. The first-order chi connectivity index (χ1) is 9.54. The summed E-state index contributed by atoms with van der Waals surface area (Å²) >= 11 is 0. The van der Waals surface area contributed by atoms with Gasteiger partial charge in [0, 0.05) is 18.3 Å². The van der Waals surface area contributed by atoms with Crippen LogP contribution in [0, 0.1) is 12.7 Å². The number of aromatic hydroxyl groups is 1. The largest absolute Gasteiger partial charge is 0.506 e. The molecule has 0 amide bonds. The second kappa shape index (κ2) is 6.48. The number of benzene rings is 1. The average Bonchev–Trinajstić information content (AvgIpc) is 2.42. The lowest BCUT2D eigenvalue weighted by Crippen LogP contribution is -2.28. The molecule has 2 rings (SSSR count). The van der Waals surface area contributed by atoms with Gasteiger partial charge in [0.2, 0.25) is 0 Å². The van der Waals surface area contributed by atoms with Gasteiger partial charge in [-0.1, -0.05) is 12.1 Å². The minimum atomic E-state index is -0.219. The molecule has 0 aliphatic heterocycles. The monoisotopic (exact) mass is 274 g/mol. The maximum Gasteiger partial charge on any atom is 0.138 e. The van der Waals surface area contributed by atoms with Crippen molar-refractivity contribution in [3.63, 3.8) is 0 Å². The molecule has 2 N–H and O–H groups in total. The molecule has 0 spiro atoms. The van der Waals surface area contributed by atoms with Crippen molar-refractivity contribution in [2.75, 3.05) is 0 Å². The summed E-state index contributed by atoms with van der Waals surface area (Å²) in [6.45, 7) is 4.46. The Morgan fingerprint density at radius 2 is 1.90 bits per heavy atom. The van der Waals surface area contributed by atoms with Crippen LogP contribution in [0.2, 0.25) is 0 Å². The average molecular weight is 274 g/mol. The number of hydrogen-bond acceptors (Lipinski definition) is 3. The third-order valence-electron chi connectivity index (χ3n) is 3.16. The van der Waals surface area contributed by atoms with Crippen molar-refractivity contribution >= 4 is 0 Å². The van der Waals surface area contributed by atoms with Crippen LogP contribution in [0.1, 0.15) is 23.9 Å². The van der Waals surface area contributed by atoms with Gasteiger partial charge in [-0.3, -0.25) is 4.98 Å². The molecule has 1 heterocycles. The van der Waals surface area contributed by atoms with Gasteiger partial charge in [0.15, 0.2) is 0 Å². The Morgan fingerprint density at radius 3 is 2.60 bits per heavy atom. The highest BCUT2D eigenvalue weighted by Gasteiger charge is 2.07. The molecule has 106 valence electrons. The zero-order valence-corrected chi connectivity index (χ0v) is 11.7. The maximum absolute atomic E-state index is 12.8. The van der Waals surface area contributed by atoms with Crippen molar-refractivity contribution in [3.05, 3.63) is 59.2 Å². The Labute approximate surface area is 118 Å². The molecule has 1 aromatic heterocycles. The van der Waals surface area contributed by atoms with Gasteiger partial charge in [-0.05, 0) is 50.1 Å². The van der Waals surface area contributed by atoms with Gasteiger partial charge >= 0.3 is 0 Å². The highest BCUT2D eigenvalue weighted by molar-refractivity contribution is 5.27. The van der Waals surface area contributed by atoms with E-state index in [-0.39, 0.29) is 17.6 Å². The number of nitrogens with one attached hydrogen (secondary N) is 1. The second-order valence-corrected chi connectivity index (χ2v) is 5.03. The third kappa shape index (κ3) is 4.03. The number of aryl methyl sites for hydroxylation is 1. The van der Waals surface area contributed by atoms with Crippen LogP contribution in [0.3, 0.4) is 0 Å². The summed E-state index contributed by atoms with van der Waals surface area (Å²) in [7, 11) is 0. The highest BCUT2D eigenvalue weighted by Crippen LogP contribution is 2.14. The van der Waals surface area contributed by atoms with E-state index in [2.05, 4.69) is 17.2 Å². The van der Waals surface area contributed by atoms with Crippen molar-refractivity contribution < 1.29 is 9.50 Å². The standard InChI is InChI=1S/C16H19FN2O/c1-11-3-8-16(20)15(19-11)10-18-12(2)9-13-4-6-14(17)7-5-13/h3-8,12,18,20H,9-10H2,1-2H3. The smallest absolute Gasteiger partial charge is 0.138 e. The van der Waals surface area contributed by atoms with Crippen LogP contribution in [0.15, 0.2) is 36.4 Å². The molecule has 0 radical (unpaired) electrons. The van der Waals surface area contributed by atoms with Gasteiger partial charge in [0.1, 0.15) is 11.6 Å². The second-order valence-electron chi connectivity index (χ2n) is 5.03. The first-order valence-electron chi connectivity index (χ1n) is 6.68. The Kier molecular flexibility index (Phi) is 4.69. The Morgan fingerprint density at radius 1 is 1.20 bits per heavy atom. The van der Waals surface area contributed by atoms with E-state index in [4.69, 9.17) is 0 Å². The fourth-order valence-corrected chi connectivity index (χ4v) is 2.05. The van der Waals surface area contributed by atoms with E-state index >= 15 is 0 Å². The van der Waals surface area contributed by atoms with E-state index in [9.17, 15) is 9.50 Å². The van der Waals surface area contributed by atoms with Crippen LogP contribution in [-0.4, -0.2) is 16.1 Å². The molecule has 0 aliphatic carbocycles. The molecule has 1 atom stereocenters. The summed E-state index contributed by atoms with van der Waals surface area (Å²) in [6, 6.07) is 10.2. The van der Waals surface area contributed by atoms with Crippen LogP contribution < -0.4 is 5.32 Å². The fraction of sp³-hybridized carbons (Fsp3) is 0.312. The van der Waals surface area contributed by atoms with Gasteiger partial charge in [0.05, 0.1) is 5.69 Å².